The summed E-state index contributed by atoms with van der Waals surface area (Å²) in [6.45, 7) is 0. The van der Waals surface area contributed by atoms with Gasteiger partial charge < -0.3 is 5.11 Å². The normalized spacial score (nSPS) is 12.6. The molecule has 0 aliphatic rings. The van der Waals surface area contributed by atoms with Crippen LogP contribution in [0.1, 0.15) is 5.56 Å². The van der Waals surface area contributed by atoms with E-state index in [-0.39, 0.29) is 21.4 Å². The molecule has 3 aromatic carbocycles. The smallest absolute Gasteiger partial charge is 0.322 e. The average molecular weight is 570 g/mol. The van der Waals surface area contributed by atoms with Crippen molar-refractivity contribution in [2.75, 3.05) is 0 Å². The van der Waals surface area contributed by atoms with Gasteiger partial charge in [-0.1, -0.05) is 70.7 Å². The molecule has 0 amide bonds. The molecule has 1 unspecified atom stereocenters. The highest BCUT2D eigenvalue weighted by Gasteiger charge is 2.29. The highest BCUT2D eigenvalue weighted by atomic mass is 35.5. The summed E-state index contributed by atoms with van der Waals surface area (Å²) in [5.74, 6) is -1.34. The second kappa shape index (κ2) is 10.3. The zero-order chi connectivity index (χ0) is 25.3. The molecule has 0 saturated heterocycles. The standard InChI is InChI=1S/C24H16Cl4N2O4S/c25-16-7-5-15(12-19(16)28)21-9-6-14-10-13(4-8-20(14)29-21)11-22(24(31)32)30-35(33,34)23-17(26)2-1-3-18(23)27/h1-10,12,22,30H,11H2,(H,31,32). The van der Waals surface area contributed by atoms with Crippen LogP contribution in [0.2, 0.25) is 20.1 Å². The van der Waals surface area contributed by atoms with Crippen molar-refractivity contribution < 1.29 is 18.3 Å². The Morgan fingerprint density at radius 2 is 1.60 bits per heavy atom. The van der Waals surface area contributed by atoms with Gasteiger partial charge in [0, 0.05) is 10.9 Å². The molecule has 11 heteroatoms. The number of carboxylic acid groups (broad SMARTS) is 1. The van der Waals surface area contributed by atoms with Gasteiger partial charge in [-0.15, -0.1) is 0 Å². The van der Waals surface area contributed by atoms with E-state index in [1.807, 2.05) is 18.2 Å². The van der Waals surface area contributed by atoms with Crippen molar-refractivity contribution in [1.82, 2.24) is 9.71 Å². The van der Waals surface area contributed by atoms with E-state index in [2.05, 4.69) is 9.71 Å². The van der Waals surface area contributed by atoms with Crippen molar-refractivity contribution >= 4 is 73.3 Å². The molecule has 0 spiro atoms. The first-order valence-electron chi connectivity index (χ1n) is 10.1. The maximum Gasteiger partial charge on any atom is 0.322 e. The molecular formula is C24H16Cl4N2O4S. The number of halogens is 4. The van der Waals surface area contributed by atoms with E-state index in [4.69, 9.17) is 46.4 Å². The zero-order valence-electron chi connectivity index (χ0n) is 17.7. The summed E-state index contributed by atoms with van der Waals surface area (Å²) in [5, 5.41) is 11.1. The van der Waals surface area contributed by atoms with Crippen LogP contribution in [0.3, 0.4) is 0 Å². The van der Waals surface area contributed by atoms with Crippen LogP contribution in [0.25, 0.3) is 22.2 Å². The van der Waals surface area contributed by atoms with Gasteiger partial charge in [0.15, 0.2) is 0 Å². The van der Waals surface area contributed by atoms with Gasteiger partial charge in [-0.25, -0.2) is 13.4 Å². The molecule has 0 bridgehead atoms. The van der Waals surface area contributed by atoms with Crippen molar-refractivity contribution in [1.29, 1.82) is 0 Å². The number of rotatable bonds is 7. The first kappa shape index (κ1) is 25.7. The molecule has 0 radical (unpaired) electrons. The minimum atomic E-state index is -4.30. The highest BCUT2D eigenvalue weighted by molar-refractivity contribution is 7.89. The molecule has 4 rings (SSSR count). The van der Waals surface area contributed by atoms with Gasteiger partial charge in [0.2, 0.25) is 10.0 Å². The molecule has 180 valence electrons. The molecule has 35 heavy (non-hydrogen) atoms. The van der Waals surface area contributed by atoms with Crippen molar-refractivity contribution in [3.63, 3.8) is 0 Å². The average Bonchev–Trinajstić information content (AvgIpc) is 2.79. The van der Waals surface area contributed by atoms with Crippen LogP contribution in [0.5, 0.6) is 0 Å². The van der Waals surface area contributed by atoms with Gasteiger partial charge >= 0.3 is 5.97 Å². The number of nitrogens with zero attached hydrogens (tertiary/aromatic N) is 1. The highest BCUT2D eigenvalue weighted by Crippen LogP contribution is 2.30. The predicted octanol–water partition coefficient (Wildman–Crippen LogP) is 6.49. The molecule has 1 heterocycles. The lowest BCUT2D eigenvalue weighted by Crippen LogP contribution is -2.42. The van der Waals surface area contributed by atoms with Crippen LogP contribution in [-0.2, 0) is 21.2 Å². The Kier molecular flexibility index (Phi) is 7.57. The number of carbonyl (C=O) groups is 1. The number of pyridine rings is 1. The summed E-state index contributed by atoms with van der Waals surface area (Å²) in [5.41, 5.74) is 2.76. The summed E-state index contributed by atoms with van der Waals surface area (Å²) in [4.78, 5) is 16.1. The molecule has 4 aromatic rings. The van der Waals surface area contributed by atoms with Crippen molar-refractivity contribution in [3.05, 3.63) is 92.4 Å². The van der Waals surface area contributed by atoms with E-state index in [0.717, 1.165) is 10.9 Å². The van der Waals surface area contributed by atoms with E-state index in [9.17, 15) is 18.3 Å². The molecule has 2 N–H and O–H groups in total. The summed E-state index contributed by atoms with van der Waals surface area (Å²) >= 11 is 24.1. The Balaban J connectivity index is 1.60. The second-order valence-corrected chi connectivity index (χ2v) is 10.9. The third-order valence-electron chi connectivity index (χ3n) is 5.19. The predicted molar refractivity (Wildman–Crippen MR) is 139 cm³/mol. The number of aliphatic carboxylic acids is 1. The summed E-state index contributed by atoms with van der Waals surface area (Å²) in [6, 6.07) is 16.8. The van der Waals surface area contributed by atoms with Crippen LogP contribution in [-0.4, -0.2) is 30.5 Å². The molecule has 0 saturated carbocycles. The van der Waals surface area contributed by atoms with Crippen molar-refractivity contribution in [2.24, 2.45) is 0 Å². The maximum atomic E-state index is 12.8. The minimum absolute atomic E-state index is 0.108. The second-order valence-electron chi connectivity index (χ2n) is 7.62. The number of hydrogen-bond acceptors (Lipinski definition) is 4. The van der Waals surface area contributed by atoms with E-state index in [1.165, 1.54) is 18.2 Å². The summed E-state index contributed by atoms with van der Waals surface area (Å²) in [7, 11) is -4.30. The summed E-state index contributed by atoms with van der Waals surface area (Å²) < 4.78 is 27.9. The first-order chi connectivity index (χ1) is 16.5. The van der Waals surface area contributed by atoms with Crippen LogP contribution in [0.4, 0.5) is 0 Å². The van der Waals surface area contributed by atoms with Crippen LogP contribution < -0.4 is 4.72 Å². The molecule has 0 aliphatic heterocycles. The quantitative estimate of drug-likeness (QED) is 0.265. The minimum Gasteiger partial charge on any atom is -0.480 e. The number of carboxylic acids is 1. The van der Waals surface area contributed by atoms with E-state index in [0.29, 0.717) is 26.8 Å². The number of benzene rings is 3. The topological polar surface area (TPSA) is 96.4 Å². The Morgan fingerprint density at radius 3 is 2.26 bits per heavy atom. The number of fused-ring (bicyclic) bond motifs is 1. The lowest BCUT2D eigenvalue weighted by molar-refractivity contribution is -0.138. The van der Waals surface area contributed by atoms with Gasteiger partial charge in [-0.05, 0) is 54.4 Å². The van der Waals surface area contributed by atoms with E-state index in [1.54, 1.807) is 30.3 Å². The monoisotopic (exact) mass is 568 g/mol. The zero-order valence-corrected chi connectivity index (χ0v) is 21.5. The third-order valence-corrected chi connectivity index (χ3v) is 8.36. The van der Waals surface area contributed by atoms with Crippen LogP contribution >= 0.6 is 46.4 Å². The number of nitrogens with one attached hydrogen (secondary N) is 1. The lowest BCUT2D eigenvalue weighted by Gasteiger charge is -2.16. The molecule has 0 aliphatic carbocycles. The molecule has 1 aromatic heterocycles. The van der Waals surface area contributed by atoms with E-state index < -0.39 is 22.0 Å². The summed E-state index contributed by atoms with van der Waals surface area (Å²) in [6.07, 6.45) is -0.110. The van der Waals surface area contributed by atoms with E-state index >= 15 is 0 Å². The van der Waals surface area contributed by atoms with Crippen LogP contribution in [0.15, 0.2) is 71.6 Å². The molecule has 6 nitrogen and oxygen atoms in total. The Bertz CT molecular complexity index is 1540. The fourth-order valence-corrected chi connectivity index (χ4v) is 6.15. The lowest BCUT2D eigenvalue weighted by atomic mass is 10.0. The largest absolute Gasteiger partial charge is 0.480 e. The van der Waals surface area contributed by atoms with Gasteiger partial charge in [0.05, 0.1) is 31.3 Å². The first-order valence-corrected chi connectivity index (χ1v) is 13.1. The van der Waals surface area contributed by atoms with Gasteiger partial charge in [0.1, 0.15) is 10.9 Å². The Labute approximate surface area is 221 Å². The van der Waals surface area contributed by atoms with Gasteiger partial charge in [-0.3, -0.25) is 4.79 Å². The van der Waals surface area contributed by atoms with Gasteiger partial charge in [-0.2, -0.15) is 4.72 Å². The third kappa shape index (κ3) is 5.72. The number of hydrogen-bond donors (Lipinski definition) is 2. The fraction of sp³-hybridized carbons (Fsp3) is 0.0833. The SMILES string of the molecule is O=C(O)C(Cc1ccc2nc(-c3ccc(Cl)c(Cl)c3)ccc2c1)NS(=O)(=O)c1c(Cl)cccc1Cl. The van der Waals surface area contributed by atoms with Crippen molar-refractivity contribution in [3.8, 4) is 11.3 Å². The van der Waals surface area contributed by atoms with Gasteiger partial charge in [0.25, 0.3) is 0 Å². The maximum absolute atomic E-state index is 12.8. The number of aromatic nitrogens is 1. The molecule has 1 atom stereocenters. The molecule has 0 fully saturated rings. The number of sulfonamides is 1. The Hall–Kier alpha value is -2.39. The fourth-order valence-electron chi connectivity index (χ4n) is 3.52. The molecular weight excluding hydrogens is 554 g/mol. The van der Waals surface area contributed by atoms with Crippen molar-refractivity contribution in [2.45, 2.75) is 17.4 Å². The Morgan fingerprint density at radius 1 is 0.886 bits per heavy atom. The van der Waals surface area contributed by atoms with Crippen LogP contribution in [0, 0.1) is 0 Å².